The number of benzene rings is 2. The van der Waals surface area contributed by atoms with E-state index in [0.717, 1.165) is 63.9 Å². The molecule has 0 radical (unpaired) electrons. The number of nitrogens with zero attached hydrogens (tertiary/aromatic N) is 2. The van der Waals surface area contributed by atoms with Crippen molar-refractivity contribution in [3.05, 3.63) is 95.0 Å². The van der Waals surface area contributed by atoms with Gasteiger partial charge in [0.2, 0.25) is 0 Å². The lowest BCUT2D eigenvalue weighted by atomic mass is 9.91. The van der Waals surface area contributed by atoms with Gasteiger partial charge in [0.15, 0.2) is 0 Å². The molecule has 3 aromatic rings. The Kier molecular flexibility index (Phi) is 10.2. The Balaban J connectivity index is 0.000000871. The molecule has 4 heteroatoms. The number of ether oxygens (including phenoxy) is 1. The molecule has 2 aromatic carbocycles. The number of hydrogen-bond donors (Lipinski definition) is 1. The Hall–Kier alpha value is -3.66. The van der Waals surface area contributed by atoms with E-state index in [1.54, 1.807) is 7.11 Å². The first-order chi connectivity index (χ1) is 16.5. The maximum atomic E-state index is 5.69. The highest BCUT2D eigenvalue weighted by Crippen LogP contribution is 2.35. The summed E-state index contributed by atoms with van der Waals surface area (Å²) in [7, 11) is 1.72. The predicted octanol–water partition coefficient (Wildman–Crippen LogP) is 8.49. The number of aliphatic imine (C=N–C) groups is 1. The van der Waals surface area contributed by atoms with E-state index < -0.39 is 0 Å². The van der Waals surface area contributed by atoms with E-state index in [1.165, 1.54) is 23.2 Å². The van der Waals surface area contributed by atoms with Crippen molar-refractivity contribution in [1.82, 2.24) is 10.3 Å². The molecule has 4 nitrogen and oxygen atoms in total. The molecule has 0 bridgehead atoms. The van der Waals surface area contributed by atoms with Crippen LogP contribution in [0.2, 0.25) is 0 Å². The zero-order chi connectivity index (χ0) is 24.1. The van der Waals surface area contributed by atoms with Crippen molar-refractivity contribution in [1.29, 1.82) is 0 Å². The highest BCUT2D eigenvalue weighted by atomic mass is 16.5. The van der Waals surface area contributed by atoms with Crippen LogP contribution in [0.5, 0.6) is 5.75 Å². The molecule has 3 heterocycles. The van der Waals surface area contributed by atoms with Gasteiger partial charge in [-0.05, 0) is 59.2 Å². The highest BCUT2D eigenvalue weighted by molar-refractivity contribution is 5.97. The summed E-state index contributed by atoms with van der Waals surface area (Å²) in [6, 6.07) is 12.8. The molecule has 1 aromatic heterocycles. The summed E-state index contributed by atoms with van der Waals surface area (Å²) >= 11 is 0. The lowest BCUT2D eigenvalue weighted by molar-refractivity contribution is 0.410. The maximum absolute atomic E-state index is 5.69. The van der Waals surface area contributed by atoms with E-state index in [4.69, 9.17) is 4.74 Å². The Labute approximate surface area is 217 Å². The number of allylic oxidation sites excluding steroid dienone is 2. The standard InChI is InChI=1S/C27H25N3O.C3H8.2CH4/c1-17-15-29-24-14-26(31-3)21(10-11-22-5-4-12-28-22)13-23(24)27(17)18(2)19-6-8-20(9-7-19)25-16-30-25;1-3-2;;/h5-9,12-16,30H,2,4,10-11H2,1,3H3;3H2,1-2H3;2*1H4. The Morgan fingerprint density at radius 3 is 2.36 bits per heavy atom. The van der Waals surface area contributed by atoms with E-state index in [9.17, 15) is 0 Å². The molecule has 1 N–H and O–H groups in total. The molecule has 2 aliphatic rings. The number of aryl methyl sites for hydroxylation is 2. The fourth-order valence-electron chi connectivity index (χ4n) is 4.19. The predicted molar refractivity (Wildman–Crippen MR) is 158 cm³/mol. The van der Waals surface area contributed by atoms with Gasteiger partial charge in [-0.3, -0.25) is 9.98 Å². The van der Waals surface area contributed by atoms with Crippen molar-refractivity contribution < 1.29 is 4.74 Å². The molecule has 2 aliphatic heterocycles. The average molecular weight is 484 g/mol. The van der Waals surface area contributed by atoms with Crippen LogP contribution in [-0.2, 0) is 6.42 Å². The minimum Gasteiger partial charge on any atom is -0.496 e. The van der Waals surface area contributed by atoms with Gasteiger partial charge in [-0.2, -0.15) is 0 Å². The minimum absolute atomic E-state index is 0. The van der Waals surface area contributed by atoms with E-state index >= 15 is 0 Å². The van der Waals surface area contributed by atoms with Crippen LogP contribution in [0.15, 0.2) is 72.1 Å². The van der Waals surface area contributed by atoms with E-state index in [2.05, 4.69) is 79.1 Å². The largest absolute Gasteiger partial charge is 0.496 e. The normalized spacial score (nSPS) is 12.8. The summed E-state index contributed by atoms with van der Waals surface area (Å²) in [5.74, 6) is 0.873. The zero-order valence-electron chi connectivity index (χ0n) is 20.6. The summed E-state index contributed by atoms with van der Waals surface area (Å²) in [5, 5.41) is 4.26. The number of nitrogens with one attached hydrogen (secondary N) is 1. The van der Waals surface area contributed by atoms with Gasteiger partial charge in [-0.15, -0.1) is 0 Å². The summed E-state index contributed by atoms with van der Waals surface area (Å²) in [4.78, 5) is 9.13. The number of hydrogen-bond acceptors (Lipinski definition) is 4. The maximum Gasteiger partial charge on any atom is 0.124 e. The van der Waals surface area contributed by atoms with Crippen LogP contribution in [-0.4, -0.2) is 18.3 Å². The highest BCUT2D eigenvalue weighted by Gasteiger charge is 2.16. The third-order valence-electron chi connectivity index (χ3n) is 5.96. The van der Waals surface area contributed by atoms with Crippen molar-refractivity contribution in [2.75, 3.05) is 7.11 Å². The first-order valence-electron chi connectivity index (χ1n) is 12.0. The molecule has 5 rings (SSSR count). The van der Waals surface area contributed by atoms with Crippen LogP contribution < -0.4 is 10.1 Å². The number of methoxy groups -OCH3 is 1. The third-order valence-corrected chi connectivity index (χ3v) is 5.96. The molecular weight excluding hydrogens is 442 g/mol. The van der Waals surface area contributed by atoms with Gasteiger partial charge in [-0.25, -0.2) is 0 Å². The van der Waals surface area contributed by atoms with Gasteiger partial charge in [-0.1, -0.05) is 72.0 Å². The van der Waals surface area contributed by atoms with Crippen LogP contribution in [0.25, 0.3) is 22.2 Å². The van der Waals surface area contributed by atoms with Crippen molar-refractivity contribution >= 4 is 28.4 Å². The SMILES string of the molecule is C.C.C=C(c1ccc(C2=CN2)cc1)c1c(C)cnc2cc(OC)c(CCC3=CCC=N3)cc12.CCC. The van der Waals surface area contributed by atoms with Crippen molar-refractivity contribution in [2.24, 2.45) is 4.99 Å². The lowest BCUT2D eigenvalue weighted by Gasteiger charge is -2.16. The van der Waals surface area contributed by atoms with Gasteiger partial charge >= 0.3 is 0 Å². The van der Waals surface area contributed by atoms with Gasteiger partial charge in [0.1, 0.15) is 5.75 Å². The third kappa shape index (κ3) is 6.31. The number of rotatable bonds is 7. The molecule has 0 amide bonds. The Bertz CT molecular complexity index is 1300. The zero-order valence-corrected chi connectivity index (χ0v) is 20.6. The minimum atomic E-state index is 0. The molecule has 0 saturated heterocycles. The second-order valence-corrected chi connectivity index (χ2v) is 8.71. The monoisotopic (exact) mass is 483 g/mol. The summed E-state index contributed by atoms with van der Waals surface area (Å²) in [6.07, 6.45) is 12.0. The quantitative estimate of drug-likeness (QED) is 0.366. The van der Waals surface area contributed by atoms with E-state index in [0.29, 0.717) is 0 Å². The van der Waals surface area contributed by atoms with Crippen LogP contribution in [0.3, 0.4) is 0 Å². The van der Waals surface area contributed by atoms with Crippen LogP contribution in [0, 0.1) is 6.92 Å². The lowest BCUT2D eigenvalue weighted by Crippen LogP contribution is -1.99. The molecular formula is C32H41N3O. The number of aromatic nitrogens is 1. The summed E-state index contributed by atoms with van der Waals surface area (Å²) in [6.45, 7) is 10.8. The van der Waals surface area contributed by atoms with Crippen molar-refractivity contribution in [2.45, 2.75) is 61.3 Å². The molecule has 0 aliphatic carbocycles. The molecule has 0 spiro atoms. The van der Waals surface area contributed by atoms with Gasteiger partial charge in [0, 0.05) is 42.2 Å². The second-order valence-electron chi connectivity index (χ2n) is 8.71. The second kappa shape index (κ2) is 12.9. The first-order valence-corrected chi connectivity index (χ1v) is 12.0. The van der Waals surface area contributed by atoms with E-state index in [1.807, 2.05) is 24.7 Å². The molecule has 0 fully saturated rings. The summed E-state index contributed by atoms with van der Waals surface area (Å²) in [5.41, 5.74) is 10.00. The van der Waals surface area contributed by atoms with Crippen molar-refractivity contribution in [3.8, 4) is 5.75 Å². The van der Waals surface area contributed by atoms with Crippen LogP contribution in [0.4, 0.5) is 0 Å². The van der Waals surface area contributed by atoms with Gasteiger partial charge in [0.25, 0.3) is 0 Å². The smallest absolute Gasteiger partial charge is 0.124 e. The van der Waals surface area contributed by atoms with Crippen LogP contribution in [0.1, 0.15) is 75.8 Å². The molecule has 0 saturated carbocycles. The molecule has 0 atom stereocenters. The topological polar surface area (TPSA) is 56.4 Å². The average Bonchev–Trinajstić information content (AvgIpc) is 3.57. The first kappa shape index (κ1) is 28.6. The Morgan fingerprint density at radius 2 is 1.78 bits per heavy atom. The molecule has 0 unspecified atom stereocenters. The van der Waals surface area contributed by atoms with Crippen LogP contribution >= 0.6 is 0 Å². The fourth-order valence-corrected chi connectivity index (χ4v) is 4.19. The van der Waals surface area contributed by atoms with Gasteiger partial charge in [0.05, 0.1) is 18.3 Å². The Morgan fingerprint density at radius 1 is 1.08 bits per heavy atom. The fraction of sp³-hybridized carbons (Fsp3) is 0.312. The number of pyridine rings is 1. The molecule has 190 valence electrons. The van der Waals surface area contributed by atoms with E-state index in [-0.39, 0.29) is 14.9 Å². The van der Waals surface area contributed by atoms with Gasteiger partial charge < -0.3 is 10.1 Å². The number of fused-ring (bicyclic) bond motifs is 1. The summed E-state index contributed by atoms with van der Waals surface area (Å²) < 4.78 is 5.69. The van der Waals surface area contributed by atoms with Crippen molar-refractivity contribution in [3.63, 3.8) is 0 Å². The molecule has 36 heavy (non-hydrogen) atoms.